The van der Waals surface area contributed by atoms with Gasteiger partial charge in [-0.1, -0.05) is 44.2 Å². The number of benzene rings is 1. The molecule has 2 heteroatoms. The number of ketones is 2. The van der Waals surface area contributed by atoms with Crippen LogP contribution >= 0.6 is 0 Å². The summed E-state index contributed by atoms with van der Waals surface area (Å²) in [6.45, 7) is 5.63. The minimum Gasteiger partial charge on any atom is -0.300 e. The molecule has 18 heavy (non-hydrogen) atoms. The second kappa shape index (κ2) is 7.10. The van der Waals surface area contributed by atoms with E-state index in [0.717, 1.165) is 5.56 Å². The summed E-state index contributed by atoms with van der Waals surface area (Å²) in [6, 6.07) is 9.88. The van der Waals surface area contributed by atoms with Gasteiger partial charge in [-0.25, -0.2) is 0 Å². The highest BCUT2D eigenvalue weighted by atomic mass is 16.1. The van der Waals surface area contributed by atoms with Crippen molar-refractivity contribution in [3.8, 4) is 0 Å². The number of carbonyl (C=O) groups is 2. The maximum atomic E-state index is 11.8. The van der Waals surface area contributed by atoms with E-state index < -0.39 is 0 Å². The van der Waals surface area contributed by atoms with Crippen LogP contribution in [0.1, 0.15) is 39.2 Å². The van der Waals surface area contributed by atoms with Gasteiger partial charge in [0.2, 0.25) is 0 Å². The summed E-state index contributed by atoms with van der Waals surface area (Å²) in [5.41, 5.74) is 1.12. The SMILES string of the molecule is CC(=O)C(CC(=O)CC(C)C)Cc1ccccc1. The van der Waals surface area contributed by atoms with E-state index in [1.165, 1.54) is 0 Å². The lowest BCUT2D eigenvalue weighted by Gasteiger charge is -2.14. The molecule has 2 nitrogen and oxygen atoms in total. The number of rotatable bonds is 7. The second-order valence-corrected chi connectivity index (χ2v) is 5.34. The minimum absolute atomic E-state index is 0.107. The molecule has 0 aliphatic heterocycles. The maximum Gasteiger partial charge on any atom is 0.133 e. The van der Waals surface area contributed by atoms with Gasteiger partial charge in [-0.3, -0.25) is 9.59 Å². The van der Waals surface area contributed by atoms with Crippen molar-refractivity contribution in [1.82, 2.24) is 0 Å². The van der Waals surface area contributed by atoms with Crippen LogP contribution in [0.2, 0.25) is 0 Å². The smallest absolute Gasteiger partial charge is 0.133 e. The third-order valence-electron chi connectivity index (χ3n) is 3.01. The highest BCUT2D eigenvalue weighted by Crippen LogP contribution is 2.16. The Balaban J connectivity index is 2.61. The summed E-state index contributed by atoms with van der Waals surface area (Å²) < 4.78 is 0. The fourth-order valence-electron chi connectivity index (χ4n) is 2.07. The van der Waals surface area contributed by atoms with Crippen LogP contribution in [0.15, 0.2) is 30.3 Å². The first-order chi connectivity index (χ1) is 8.49. The monoisotopic (exact) mass is 246 g/mol. The van der Waals surface area contributed by atoms with Crippen LogP contribution in [0.25, 0.3) is 0 Å². The molecule has 0 N–H and O–H groups in total. The number of hydrogen-bond donors (Lipinski definition) is 0. The molecule has 98 valence electrons. The van der Waals surface area contributed by atoms with Gasteiger partial charge in [0, 0.05) is 18.8 Å². The maximum absolute atomic E-state index is 11.8. The predicted molar refractivity (Wildman–Crippen MR) is 73.4 cm³/mol. The molecule has 1 atom stereocenters. The van der Waals surface area contributed by atoms with E-state index in [2.05, 4.69) is 0 Å². The molecule has 0 fully saturated rings. The van der Waals surface area contributed by atoms with Crippen molar-refractivity contribution in [2.24, 2.45) is 11.8 Å². The zero-order chi connectivity index (χ0) is 13.5. The molecule has 0 amide bonds. The van der Waals surface area contributed by atoms with Crippen molar-refractivity contribution in [3.05, 3.63) is 35.9 Å². The van der Waals surface area contributed by atoms with Crippen LogP contribution in [-0.4, -0.2) is 11.6 Å². The van der Waals surface area contributed by atoms with Gasteiger partial charge in [0.15, 0.2) is 0 Å². The molecule has 0 bridgehead atoms. The fourth-order valence-corrected chi connectivity index (χ4v) is 2.07. The van der Waals surface area contributed by atoms with Crippen LogP contribution in [0.5, 0.6) is 0 Å². The van der Waals surface area contributed by atoms with E-state index in [4.69, 9.17) is 0 Å². The van der Waals surface area contributed by atoms with Gasteiger partial charge in [0.1, 0.15) is 11.6 Å². The largest absolute Gasteiger partial charge is 0.300 e. The van der Waals surface area contributed by atoms with Gasteiger partial charge in [-0.05, 0) is 24.8 Å². The van der Waals surface area contributed by atoms with Crippen LogP contribution in [-0.2, 0) is 16.0 Å². The average Bonchev–Trinajstić information content (AvgIpc) is 2.28. The molecule has 0 aliphatic carbocycles. The van der Waals surface area contributed by atoms with Gasteiger partial charge >= 0.3 is 0 Å². The lowest BCUT2D eigenvalue weighted by molar-refractivity contribution is -0.127. The van der Waals surface area contributed by atoms with Crippen LogP contribution in [0.3, 0.4) is 0 Å². The quantitative estimate of drug-likeness (QED) is 0.738. The van der Waals surface area contributed by atoms with Crippen molar-refractivity contribution in [2.45, 2.75) is 40.0 Å². The molecule has 0 saturated heterocycles. The Morgan fingerprint density at radius 1 is 1.06 bits per heavy atom. The Morgan fingerprint density at radius 3 is 2.17 bits per heavy atom. The molecule has 0 aromatic heterocycles. The van der Waals surface area contributed by atoms with Crippen molar-refractivity contribution >= 4 is 11.6 Å². The van der Waals surface area contributed by atoms with Gasteiger partial charge < -0.3 is 0 Å². The summed E-state index contributed by atoms with van der Waals surface area (Å²) in [4.78, 5) is 23.4. The van der Waals surface area contributed by atoms with Gasteiger partial charge in [-0.15, -0.1) is 0 Å². The van der Waals surface area contributed by atoms with Crippen molar-refractivity contribution < 1.29 is 9.59 Å². The molecule has 1 unspecified atom stereocenters. The zero-order valence-corrected chi connectivity index (χ0v) is 11.5. The first-order valence-corrected chi connectivity index (χ1v) is 6.55. The summed E-state index contributed by atoms with van der Waals surface area (Å²) >= 11 is 0. The summed E-state index contributed by atoms with van der Waals surface area (Å²) in [5, 5.41) is 0. The number of hydrogen-bond acceptors (Lipinski definition) is 2. The lowest BCUT2D eigenvalue weighted by atomic mass is 9.89. The molecule has 1 aromatic carbocycles. The molecule has 1 rings (SSSR count). The van der Waals surface area contributed by atoms with E-state index in [1.54, 1.807) is 6.92 Å². The highest BCUT2D eigenvalue weighted by Gasteiger charge is 2.19. The van der Waals surface area contributed by atoms with Gasteiger partial charge in [0.05, 0.1) is 0 Å². The molecule has 0 radical (unpaired) electrons. The van der Waals surface area contributed by atoms with Crippen LogP contribution in [0.4, 0.5) is 0 Å². The Hall–Kier alpha value is -1.44. The molecule has 0 saturated carbocycles. The topological polar surface area (TPSA) is 34.1 Å². The van der Waals surface area contributed by atoms with Crippen molar-refractivity contribution in [3.63, 3.8) is 0 Å². The standard InChI is InChI=1S/C16H22O2/c1-12(2)9-16(18)11-15(13(3)17)10-14-7-5-4-6-8-14/h4-8,12,15H,9-11H2,1-3H3. The first kappa shape index (κ1) is 14.6. The van der Waals surface area contributed by atoms with Crippen LogP contribution in [0, 0.1) is 11.8 Å². The summed E-state index contributed by atoms with van der Waals surface area (Å²) in [6.07, 6.45) is 1.61. The van der Waals surface area contributed by atoms with Gasteiger partial charge in [-0.2, -0.15) is 0 Å². The van der Waals surface area contributed by atoms with Crippen LogP contribution < -0.4 is 0 Å². The first-order valence-electron chi connectivity index (χ1n) is 6.55. The average molecular weight is 246 g/mol. The second-order valence-electron chi connectivity index (χ2n) is 5.34. The third kappa shape index (κ3) is 5.26. The van der Waals surface area contributed by atoms with E-state index in [-0.39, 0.29) is 17.5 Å². The van der Waals surface area contributed by atoms with Gasteiger partial charge in [0.25, 0.3) is 0 Å². The molecule has 0 heterocycles. The Kier molecular flexibility index (Phi) is 5.76. The summed E-state index contributed by atoms with van der Waals surface area (Å²) in [7, 11) is 0. The lowest BCUT2D eigenvalue weighted by Crippen LogP contribution is -2.19. The predicted octanol–water partition coefficient (Wildman–Crippen LogP) is 3.44. The third-order valence-corrected chi connectivity index (χ3v) is 3.01. The Labute approximate surface area is 109 Å². The molecular formula is C16H22O2. The minimum atomic E-state index is -0.168. The number of Topliss-reactive ketones (excluding diaryl/α,β-unsaturated/α-hetero) is 2. The van der Waals surface area contributed by atoms with E-state index in [0.29, 0.717) is 25.2 Å². The summed E-state index contributed by atoms with van der Waals surface area (Å²) in [5.74, 6) is 0.498. The van der Waals surface area contributed by atoms with E-state index in [9.17, 15) is 9.59 Å². The molecular weight excluding hydrogens is 224 g/mol. The van der Waals surface area contributed by atoms with E-state index >= 15 is 0 Å². The normalized spacial score (nSPS) is 12.4. The van der Waals surface area contributed by atoms with Crippen molar-refractivity contribution in [1.29, 1.82) is 0 Å². The molecule has 0 aliphatic rings. The number of carbonyl (C=O) groups excluding carboxylic acids is 2. The highest BCUT2D eigenvalue weighted by molar-refractivity contribution is 5.86. The molecule has 0 spiro atoms. The van der Waals surface area contributed by atoms with E-state index in [1.807, 2.05) is 44.2 Å². The van der Waals surface area contributed by atoms with Crippen molar-refractivity contribution in [2.75, 3.05) is 0 Å². The molecule has 1 aromatic rings. The Bertz CT molecular complexity index is 393. The zero-order valence-electron chi connectivity index (χ0n) is 11.5. The Morgan fingerprint density at radius 2 is 1.67 bits per heavy atom. The fraction of sp³-hybridized carbons (Fsp3) is 0.500.